The molecule has 0 amide bonds. The number of alkyl halides is 3. The minimum Gasteiger partial charge on any atom is -0.378 e. The number of anilines is 1. The van der Waals surface area contributed by atoms with Gasteiger partial charge in [0, 0.05) is 56.8 Å². The smallest absolute Gasteiger partial charge is 0.378 e. The first kappa shape index (κ1) is 27.7. The predicted molar refractivity (Wildman–Crippen MR) is 150 cm³/mol. The van der Waals surface area contributed by atoms with Crippen LogP contribution in [0.15, 0.2) is 36.8 Å². The Morgan fingerprint density at radius 1 is 1.10 bits per heavy atom. The van der Waals surface area contributed by atoms with Crippen molar-refractivity contribution in [3.8, 4) is 11.3 Å². The third-order valence-corrected chi connectivity index (χ3v) is 7.99. The van der Waals surface area contributed by atoms with E-state index in [0.717, 1.165) is 47.6 Å². The molecule has 3 aromatic heterocycles. The zero-order valence-electron chi connectivity index (χ0n) is 23.5. The highest BCUT2D eigenvalue weighted by molar-refractivity contribution is 5.77. The van der Waals surface area contributed by atoms with Gasteiger partial charge in [0.2, 0.25) is 0 Å². The molecule has 0 spiro atoms. The summed E-state index contributed by atoms with van der Waals surface area (Å²) in [5.74, 6) is 0.765. The van der Waals surface area contributed by atoms with Gasteiger partial charge in [0.25, 0.3) is 0 Å². The third kappa shape index (κ3) is 5.68. The van der Waals surface area contributed by atoms with Crippen LogP contribution in [0.5, 0.6) is 0 Å². The molecule has 2 N–H and O–H groups in total. The fourth-order valence-electron chi connectivity index (χ4n) is 6.09. The molecule has 2 fully saturated rings. The van der Waals surface area contributed by atoms with Crippen molar-refractivity contribution in [2.45, 2.75) is 52.0 Å². The lowest BCUT2D eigenvalue weighted by molar-refractivity contribution is -0.138. The molecule has 218 valence electrons. The molecule has 2 atom stereocenters. The first-order chi connectivity index (χ1) is 19.7. The molecule has 9 nitrogen and oxygen atoms in total. The summed E-state index contributed by atoms with van der Waals surface area (Å²) in [5, 5.41) is 8.61. The highest BCUT2D eigenvalue weighted by Crippen LogP contribution is 2.35. The molecular weight excluding hydrogens is 533 g/mol. The zero-order chi connectivity index (χ0) is 28.7. The first-order valence-electron chi connectivity index (χ1n) is 14.0. The Hall–Kier alpha value is -3.48. The molecule has 0 saturated carbocycles. The fraction of sp³-hybridized carbons (Fsp3) is 0.483. The topological polar surface area (TPSA) is 86.6 Å². The lowest BCUT2D eigenvalue weighted by Gasteiger charge is -2.35. The van der Waals surface area contributed by atoms with E-state index in [2.05, 4.69) is 38.9 Å². The summed E-state index contributed by atoms with van der Waals surface area (Å²) in [6.45, 7) is 10.7. The number of piperazine rings is 1. The maximum atomic E-state index is 13.8. The van der Waals surface area contributed by atoms with Gasteiger partial charge in [-0.05, 0) is 44.0 Å². The molecule has 2 saturated heterocycles. The summed E-state index contributed by atoms with van der Waals surface area (Å²) >= 11 is 0. The molecule has 5 heterocycles. The summed E-state index contributed by atoms with van der Waals surface area (Å²) in [6.07, 6.45) is -0.777. The molecule has 2 aliphatic rings. The minimum absolute atomic E-state index is 0.225. The Balaban J connectivity index is 1.52. The fourth-order valence-corrected chi connectivity index (χ4v) is 6.09. The maximum Gasteiger partial charge on any atom is 0.416 e. The second kappa shape index (κ2) is 11.1. The standard InChI is InChI=1S/C29H35F3N8O/c1-18-14-38(15-19(2)35-18)16-25-26(11-21-5-4-6-23(20(21)3)29(30,31)32)40-28(36-25)22(24-13-33-17-34-24)12-27(37-40)39-7-9-41-10-8-39/h4-6,12-13,17-19,35H,7-11,14-16H2,1-3H3,(H,33,34). The van der Waals surface area contributed by atoms with Gasteiger partial charge < -0.3 is 19.9 Å². The van der Waals surface area contributed by atoms with Gasteiger partial charge in [0.1, 0.15) is 0 Å². The second-order valence-corrected chi connectivity index (χ2v) is 11.1. The Labute approximate surface area is 236 Å². The molecule has 0 aliphatic carbocycles. The van der Waals surface area contributed by atoms with E-state index >= 15 is 0 Å². The number of nitrogens with zero attached hydrogens (tertiary/aromatic N) is 6. The van der Waals surface area contributed by atoms with Gasteiger partial charge in [0.15, 0.2) is 11.5 Å². The number of aromatic nitrogens is 5. The van der Waals surface area contributed by atoms with Crippen molar-refractivity contribution in [3.63, 3.8) is 0 Å². The number of ether oxygens (including phenoxy) is 1. The minimum atomic E-state index is -4.43. The van der Waals surface area contributed by atoms with E-state index in [1.165, 1.54) is 6.07 Å². The third-order valence-electron chi connectivity index (χ3n) is 7.99. The number of hydrogen-bond acceptors (Lipinski definition) is 7. The second-order valence-electron chi connectivity index (χ2n) is 11.1. The van der Waals surface area contributed by atoms with Crippen LogP contribution in [-0.2, 0) is 23.9 Å². The van der Waals surface area contributed by atoms with E-state index < -0.39 is 11.7 Å². The van der Waals surface area contributed by atoms with Crippen LogP contribution in [0.2, 0.25) is 0 Å². The van der Waals surface area contributed by atoms with Crippen LogP contribution in [0, 0.1) is 6.92 Å². The summed E-state index contributed by atoms with van der Waals surface area (Å²) in [7, 11) is 0. The average molecular weight is 569 g/mol. The van der Waals surface area contributed by atoms with E-state index in [-0.39, 0.29) is 12.0 Å². The number of hydrogen-bond donors (Lipinski definition) is 2. The van der Waals surface area contributed by atoms with Crippen molar-refractivity contribution >= 4 is 11.5 Å². The van der Waals surface area contributed by atoms with Crippen LogP contribution in [0.25, 0.3) is 16.9 Å². The molecule has 6 rings (SSSR count). The number of rotatable bonds is 6. The number of morpholine rings is 1. The maximum absolute atomic E-state index is 13.8. The van der Waals surface area contributed by atoms with Gasteiger partial charge in [-0.15, -0.1) is 5.10 Å². The van der Waals surface area contributed by atoms with E-state index in [1.54, 1.807) is 25.5 Å². The Morgan fingerprint density at radius 3 is 2.54 bits per heavy atom. The Kier molecular flexibility index (Phi) is 7.47. The van der Waals surface area contributed by atoms with E-state index in [4.69, 9.17) is 14.8 Å². The van der Waals surface area contributed by atoms with Crippen LogP contribution < -0.4 is 10.2 Å². The zero-order valence-corrected chi connectivity index (χ0v) is 23.5. The van der Waals surface area contributed by atoms with E-state index in [0.29, 0.717) is 56.1 Å². The SMILES string of the molecule is Cc1c(Cc2c(CN3CC(C)NC(C)C3)nc3c(-c4cnc[nH]4)cc(N4CCOCC4)nn23)cccc1C(F)(F)F. The quantitative estimate of drug-likeness (QED) is 0.363. The lowest BCUT2D eigenvalue weighted by atomic mass is 9.97. The predicted octanol–water partition coefficient (Wildman–Crippen LogP) is 4.06. The van der Waals surface area contributed by atoms with E-state index in [9.17, 15) is 13.2 Å². The molecule has 2 aliphatic heterocycles. The van der Waals surface area contributed by atoms with Crippen molar-refractivity contribution in [2.24, 2.45) is 0 Å². The molecule has 2 unspecified atom stereocenters. The highest BCUT2D eigenvalue weighted by atomic mass is 19.4. The summed E-state index contributed by atoms with van der Waals surface area (Å²) in [5.41, 5.74) is 4.11. The van der Waals surface area contributed by atoms with Crippen LogP contribution in [-0.4, -0.2) is 80.9 Å². The van der Waals surface area contributed by atoms with E-state index in [1.807, 2.05) is 10.6 Å². The number of imidazole rings is 2. The van der Waals surface area contributed by atoms with Crippen LogP contribution in [0.1, 0.15) is 41.9 Å². The van der Waals surface area contributed by atoms with Gasteiger partial charge in [0.05, 0.1) is 48.4 Å². The monoisotopic (exact) mass is 568 g/mol. The number of halogens is 3. The Bertz CT molecular complexity index is 1500. The molecular formula is C29H35F3N8O. The summed E-state index contributed by atoms with van der Waals surface area (Å²) in [4.78, 5) is 17.1. The molecule has 0 radical (unpaired) electrons. The van der Waals surface area contributed by atoms with Gasteiger partial charge in [-0.1, -0.05) is 12.1 Å². The van der Waals surface area contributed by atoms with Crippen molar-refractivity contribution in [1.29, 1.82) is 0 Å². The van der Waals surface area contributed by atoms with Crippen molar-refractivity contribution in [2.75, 3.05) is 44.3 Å². The van der Waals surface area contributed by atoms with Gasteiger partial charge in [-0.3, -0.25) is 4.90 Å². The van der Waals surface area contributed by atoms with Gasteiger partial charge >= 0.3 is 6.18 Å². The highest BCUT2D eigenvalue weighted by Gasteiger charge is 2.33. The molecule has 0 bridgehead atoms. The van der Waals surface area contributed by atoms with Crippen LogP contribution >= 0.6 is 0 Å². The number of fused-ring (bicyclic) bond motifs is 1. The van der Waals surface area contributed by atoms with Crippen LogP contribution in [0.3, 0.4) is 0 Å². The van der Waals surface area contributed by atoms with Crippen molar-refractivity contribution < 1.29 is 17.9 Å². The molecule has 41 heavy (non-hydrogen) atoms. The number of aromatic amines is 1. The molecule has 12 heteroatoms. The van der Waals surface area contributed by atoms with Crippen molar-refractivity contribution in [1.82, 2.24) is 34.8 Å². The summed E-state index contributed by atoms with van der Waals surface area (Å²) in [6, 6.07) is 7.04. The number of H-pyrrole nitrogens is 1. The van der Waals surface area contributed by atoms with Crippen molar-refractivity contribution in [3.05, 3.63) is 64.9 Å². The molecule has 1 aromatic carbocycles. The summed E-state index contributed by atoms with van der Waals surface area (Å²) < 4.78 is 48.9. The lowest BCUT2D eigenvalue weighted by Crippen LogP contribution is -2.53. The normalized spacial score (nSPS) is 20.7. The first-order valence-corrected chi connectivity index (χ1v) is 14.0. The number of nitrogens with one attached hydrogen (secondary N) is 2. The van der Waals surface area contributed by atoms with Gasteiger partial charge in [-0.25, -0.2) is 14.5 Å². The van der Waals surface area contributed by atoms with Gasteiger partial charge in [-0.2, -0.15) is 13.2 Å². The van der Waals surface area contributed by atoms with Crippen LogP contribution in [0.4, 0.5) is 19.0 Å². The largest absolute Gasteiger partial charge is 0.416 e. The Morgan fingerprint density at radius 2 is 1.85 bits per heavy atom. The number of benzene rings is 1. The average Bonchev–Trinajstić information content (AvgIpc) is 3.57. The molecule has 4 aromatic rings.